The van der Waals surface area contributed by atoms with E-state index in [1.807, 2.05) is 6.07 Å². The van der Waals surface area contributed by atoms with Gasteiger partial charge in [0.05, 0.1) is 5.69 Å². The Labute approximate surface area is 337 Å². The predicted octanol–water partition coefficient (Wildman–Crippen LogP) is 16.0. The zero-order valence-electron chi connectivity index (χ0n) is 31.7. The van der Waals surface area contributed by atoms with Gasteiger partial charge in [0.2, 0.25) is 0 Å². The van der Waals surface area contributed by atoms with Gasteiger partial charge >= 0.3 is 0 Å². The van der Waals surface area contributed by atoms with Crippen LogP contribution in [0.25, 0.3) is 88.0 Å². The van der Waals surface area contributed by atoms with Gasteiger partial charge in [0.1, 0.15) is 11.2 Å². The minimum atomic E-state index is 0.889. The predicted molar refractivity (Wildman–Crippen MR) is 245 cm³/mol. The maximum atomic E-state index is 6.62. The van der Waals surface area contributed by atoms with Gasteiger partial charge in [-0.3, -0.25) is 0 Å². The molecule has 11 aromatic rings. The van der Waals surface area contributed by atoms with Crippen LogP contribution in [0.4, 0.5) is 17.1 Å². The molecule has 0 aliphatic carbocycles. The zero-order chi connectivity index (χ0) is 38.4. The molecule has 1 aromatic heterocycles. The maximum Gasteiger partial charge on any atom is 0.143 e. The van der Waals surface area contributed by atoms with Gasteiger partial charge in [-0.25, -0.2) is 0 Å². The minimum Gasteiger partial charge on any atom is -0.455 e. The second-order valence-corrected chi connectivity index (χ2v) is 14.8. The summed E-state index contributed by atoms with van der Waals surface area (Å²) in [6.45, 7) is 0. The number of para-hydroxylation sites is 3. The Hall–Kier alpha value is -7.68. The smallest absolute Gasteiger partial charge is 0.143 e. The van der Waals surface area contributed by atoms with Crippen molar-refractivity contribution in [3.05, 3.63) is 224 Å². The van der Waals surface area contributed by atoms with E-state index in [1.54, 1.807) is 0 Å². The van der Waals surface area contributed by atoms with Gasteiger partial charge in [-0.15, -0.1) is 0 Å². The molecule has 0 fully saturated rings. The fraction of sp³-hybridized carbons (Fsp3) is 0. The van der Waals surface area contributed by atoms with Crippen LogP contribution in [0.5, 0.6) is 0 Å². The van der Waals surface area contributed by atoms with Crippen molar-refractivity contribution >= 4 is 60.5 Å². The highest BCUT2D eigenvalue weighted by Gasteiger charge is 2.21. The van der Waals surface area contributed by atoms with Crippen molar-refractivity contribution in [2.24, 2.45) is 0 Å². The number of nitrogens with zero attached hydrogens (tertiary/aromatic N) is 1. The summed E-state index contributed by atoms with van der Waals surface area (Å²) in [6, 6.07) is 80.6. The lowest BCUT2D eigenvalue weighted by Crippen LogP contribution is -2.11. The third-order valence-corrected chi connectivity index (χ3v) is 11.5. The number of furan rings is 1. The van der Waals surface area contributed by atoms with Crippen molar-refractivity contribution in [3.63, 3.8) is 0 Å². The van der Waals surface area contributed by atoms with Gasteiger partial charge < -0.3 is 9.32 Å². The van der Waals surface area contributed by atoms with Crippen LogP contribution < -0.4 is 4.90 Å². The molecule has 11 rings (SSSR count). The molecule has 0 amide bonds. The zero-order valence-corrected chi connectivity index (χ0v) is 31.7. The molecule has 2 heteroatoms. The van der Waals surface area contributed by atoms with Crippen molar-refractivity contribution in [1.82, 2.24) is 0 Å². The molecule has 0 bridgehead atoms. The molecule has 10 aromatic carbocycles. The summed E-state index contributed by atoms with van der Waals surface area (Å²) in [6.07, 6.45) is 0. The van der Waals surface area contributed by atoms with Crippen molar-refractivity contribution in [2.75, 3.05) is 4.90 Å². The van der Waals surface area contributed by atoms with Crippen molar-refractivity contribution < 1.29 is 4.42 Å². The first kappa shape index (κ1) is 33.6. The van der Waals surface area contributed by atoms with E-state index in [1.165, 1.54) is 49.4 Å². The minimum absolute atomic E-state index is 0.889. The van der Waals surface area contributed by atoms with E-state index >= 15 is 0 Å². The van der Waals surface area contributed by atoms with Crippen LogP contribution in [0.1, 0.15) is 0 Å². The molecule has 2 nitrogen and oxygen atoms in total. The lowest BCUT2D eigenvalue weighted by molar-refractivity contribution is 0.670. The van der Waals surface area contributed by atoms with E-state index in [0.717, 1.165) is 55.7 Å². The molecular weight excluding hydrogens is 703 g/mol. The van der Waals surface area contributed by atoms with Crippen LogP contribution in [-0.2, 0) is 0 Å². The largest absolute Gasteiger partial charge is 0.455 e. The second kappa shape index (κ2) is 14.1. The average molecular weight is 740 g/mol. The van der Waals surface area contributed by atoms with Gasteiger partial charge in [-0.05, 0) is 91.3 Å². The highest BCUT2D eigenvalue weighted by Crippen LogP contribution is 2.46. The van der Waals surface area contributed by atoms with E-state index < -0.39 is 0 Å². The molecule has 1 heterocycles. The SMILES string of the molecule is c1ccc(-c2ccccc2-c2cccc(N(c3ccc(-c4cccc5c4ccc4ccccc45)cc3)c3ccccc3-c3cccc4c3oc3ccccc34)c2)cc1. The summed E-state index contributed by atoms with van der Waals surface area (Å²) in [7, 11) is 0. The number of hydrogen-bond acceptors (Lipinski definition) is 2. The molecule has 0 saturated carbocycles. The van der Waals surface area contributed by atoms with E-state index in [9.17, 15) is 0 Å². The summed E-state index contributed by atoms with van der Waals surface area (Å²) >= 11 is 0. The first-order valence-corrected chi connectivity index (χ1v) is 19.8. The van der Waals surface area contributed by atoms with Gasteiger partial charge in [-0.1, -0.05) is 188 Å². The Morgan fingerprint density at radius 3 is 1.72 bits per heavy atom. The molecule has 0 N–H and O–H groups in total. The monoisotopic (exact) mass is 739 g/mol. The van der Waals surface area contributed by atoms with Gasteiger partial charge in [0, 0.05) is 33.3 Å². The van der Waals surface area contributed by atoms with Crippen LogP contribution in [0, 0.1) is 0 Å². The van der Waals surface area contributed by atoms with Crippen molar-refractivity contribution in [2.45, 2.75) is 0 Å². The molecule has 0 unspecified atom stereocenters. The summed E-state index contributed by atoms with van der Waals surface area (Å²) in [5.74, 6) is 0. The number of hydrogen-bond donors (Lipinski definition) is 0. The Morgan fingerprint density at radius 2 is 0.879 bits per heavy atom. The number of benzene rings is 10. The van der Waals surface area contributed by atoms with E-state index in [0.29, 0.717) is 0 Å². The maximum absolute atomic E-state index is 6.62. The van der Waals surface area contributed by atoms with Crippen molar-refractivity contribution in [3.8, 4) is 44.5 Å². The molecule has 0 aliphatic rings. The Morgan fingerprint density at radius 1 is 0.293 bits per heavy atom. The fourth-order valence-corrected chi connectivity index (χ4v) is 8.78. The molecule has 0 aliphatic heterocycles. The molecule has 0 spiro atoms. The summed E-state index contributed by atoms with van der Waals surface area (Å²) in [4.78, 5) is 2.39. The number of anilines is 3. The first-order valence-electron chi connectivity index (χ1n) is 19.8. The van der Waals surface area contributed by atoms with Crippen LogP contribution >= 0.6 is 0 Å². The molecular formula is C56H37NO. The molecule has 58 heavy (non-hydrogen) atoms. The Kier molecular flexibility index (Phi) is 8.19. The van der Waals surface area contributed by atoms with Crippen LogP contribution in [0.15, 0.2) is 229 Å². The Bertz CT molecular complexity index is 3290. The van der Waals surface area contributed by atoms with E-state index in [4.69, 9.17) is 4.42 Å². The second-order valence-electron chi connectivity index (χ2n) is 14.8. The molecule has 0 radical (unpaired) electrons. The summed E-state index contributed by atoms with van der Waals surface area (Å²) < 4.78 is 6.62. The highest BCUT2D eigenvalue weighted by atomic mass is 16.3. The van der Waals surface area contributed by atoms with Crippen LogP contribution in [0.2, 0.25) is 0 Å². The quantitative estimate of drug-likeness (QED) is 0.151. The summed E-state index contributed by atoms with van der Waals surface area (Å²) in [5.41, 5.74) is 14.3. The molecule has 272 valence electrons. The van der Waals surface area contributed by atoms with Crippen molar-refractivity contribution in [1.29, 1.82) is 0 Å². The van der Waals surface area contributed by atoms with Crippen LogP contribution in [0.3, 0.4) is 0 Å². The topological polar surface area (TPSA) is 16.4 Å². The number of fused-ring (bicyclic) bond motifs is 6. The average Bonchev–Trinajstić information content (AvgIpc) is 3.69. The van der Waals surface area contributed by atoms with E-state index in [-0.39, 0.29) is 0 Å². The Balaban J connectivity index is 1.09. The highest BCUT2D eigenvalue weighted by molar-refractivity contribution is 6.13. The third kappa shape index (κ3) is 5.74. The normalized spacial score (nSPS) is 11.4. The van der Waals surface area contributed by atoms with Gasteiger partial charge in [0.15, 0.2) is 0 Å². The molecule has 0 atom stereocenters. The molecule has 0 saturated heterocycles. The first-order chi connectivity index (χ1) is 28.8. The van der Waals surface area contributed by atoms with Crippen LogP contribution in [-0.4, -0.2) is 0 Å². The van der Waals surface area contributed by atoms with Gasteiger partial charge in [0.25, 0.3) is 0 Å². The number of rotatable bonds is 7. The lowest BCUT2D eigenvalue weighted by Gasteiger charge is -2.28. The van der Waals surface area contributed by atoms with E-state index in [2.05, 4.69) is 223 Å². The standard InChI is InChI=1S/C56H37NO/c1-2-15-38(16-3-1)44-20-6-7-22-47(44)41-18-12-19-43(37-41)57(54-29-10-8-23-50(54)52-27-14-28-53-51-24-9-11-30-55(51)58-56(52)53)42-34-31-40(32-35-42)46-25-13-26-48-45-21-5-4-17-39(45)33-36-49(46)48/h1-37H. The summed E-state index contributed by atoms with van der Waals surface area (Å²) in [5, 5.41) is 7.28. The lowest BCUT2D eigenvalue weighted by atomic mass is 9.93. The third-order valence-electron chi connectivity index (χ3n) is 11.5. The van der Waals surface area contributed by atoms with Gasteiger partial charge in [-0.2, -0.15) is 0 Å². The fourth-order valence-electron chi connectivity index (χ4n) is 8.78.